The smallest absolute Gasteiger partial charge is 0.195 e. The van der Waals surface area contributed by atoms with Gasteiger partial charge in [0.25, 0.3) is 0 Å². The first-order valence-corrected chi connectivity index (χ1v) is 5.88. The van der Waals surface area contributed by atoms with Crippen molar-refractivity contribution in [2.45, 2.75) is 26.8 Å². The Balaban J connectivity index is 2.44. The fourth-order valence-corrected chi connectivity index (χ4v) is 2.67. The average Bonchev–Trinajstić information content (AvgIpc) is 2.73. The minimum atomic E-state index is 0.148. The van der Waals surface area contributed by atoms with E-state index in [2.05, 4.69) is 29.0 Å². The van der Waals surface area contributed by atoms with Gasteiger partial charge in [-0.2, -0.15) is 5.10 Å². The van der Waals surface area contributed by atoms with Gasteiger partial charge >= 0.3 is 0 Å². The predicted octanol–water partition coefficient (Wildman–Crippen LogP) is 2.62. The van der Waals surface area contributed by atoms with Crippen LogP contribution in [0.3, 0.4) is 0 Å². The molecule has 2 rings (SSSR count). The molecule has 1 N–H and O–H groups in total. The fraction of sp³-hybridized carbons (Fsp3) is 0.444. The topological polar surface area (TPSA) is 46.5 Å². The zero-order chi connectivity index (χ0) is 11.0. The standard InChI is InChI=1S/C9H12N4S2/c1-5-4-10-8(15-5)6(2)13-7(3)11-12-9(13)14/h4,6H,1-3H3,(H,12,14). The highest BCUT2D eigenvalue weighted by molar-refractivity contribution is 7.71. The summed E-state index contributed by atoms with van der Waals surface area (Å²) in [5.41, 5.74) is 0. The Morgan fingerprint density at radius 2 is 2.27 bits per heavy atom. The third kappa shape index (κ3) is 1.87. The number of H-pyrrole nitrogens is 1. The molecular weight excluding hydrogens is 228 g/mol. The van der Waals surface area contributed by atoms with E-state index in [1.807, 2.05) is 17.7 Å². The molecule has 0 spiro atoms. The largest absolute Gasteiger partial charge is 0.295 e. The summed E-state index contributed by atoms with van der Waals surface area (Å²) in [5, 5.41) is 7.94. The Labute approximate surface area is 97.0 Å². The Bertz CT molecular complexity index is 522. The molecule has 0 saturated heterocycles. The molecule has 80 valence electrons. The van der Waals surface area contributed by atoms with E-state index in [-0.39, 0.29) is 6.04 Å². The molecule has 15 heavy (non-hydrogen) atoms. The van der Waals surface area contributed by atoms with Crippen LogP contribution >= 0.6 is 23.6 Å². The number of nitrogens with one attached hydrogen (secondary N) is 1. The second kappa shape index (κ2) is 3.86. The van der Waals surface area contributed by atoms with Crippen LogP contribution in [0, 0.1) is 18.6 Å². The van der Waals surface area contributed by atoms with E-state index in [0.717, 1.165) is 10.8 Å². The zero-order valence-electron chi connectivity index (χ0n) is 8.81. The van der Waals surface area contributed by atoms with E-state index in [1.165, 1.54) is 4.88 Å². The van der Waals surface area contributed by atoms with Gasteiger partial charge in [-0.1, -0.05) is 0 Å². The number of thiazole rings is 1. The summed E-state index contributed by atoms with van der Waals surface area (Å²) in [7, 11) is 0. The van der Waals surface area contributed by atoms with E-state index in [1.54, 1.807) is 11.3 Å². The highest BCUT2D eigenvalue weighted by atomic mass is 32.1. The average molecular weight is 240 g/mol. The normalized spacial score (nSPS) is 13.0. The Morgan fingerprint density at radius 1 is 1.53 bits per heavy atom. The molecule has 0 aliphatic rings. The lowest BCUT2D eigenvalue weighted by Crippen LogP contribution is -2.08. The van der Waals surface area contributed by atoms with Crippen LogP contribution in [0.5, 0.6) is 0 Å². The molecule has 0 aliphatic carbocycles. The van der Waals surface area contributed by atoms with Crippen LogP contribution in [0.15, 0.2) is 6.20 Å². The van der Waals surface area contributed by atoms with Gasteiger partial charge in [0.2, 0.25) is 0 Å². The summed E-state index contributed by atoms with van der Waals surface area (Å²) in [5.74, 6) is 0.889. The molecule has 4 nitrogen and oxygen atoms in total. The lowest BCUT2D eigenvalue weighted by Gasteiger charge is -2.10. The maximum Gasteiger partial charge on any atom is 0.195 e. The molecule has 0 amide bonds. The number of aromatic nitrogens is 4. The molecule has 2 aromatic rings. The molecule has 0 aliphatic heterocycles. The maximum absolute atomic E-state index is 5.18. The first kappa shape index (κ1) is 10.5. The minimum Gasteiger partial charge on any atom is -0.295 e. The van der Waals surface area contributed by atoms with Gasteiger partial charge in [-0.3, -0.25) is 9.67 Å². The van der Waals surface area contributed by atoms with E-state index in [4.69, 9.17) is 12.2 Å². The van der Waals surface area contributed by atoms with E-state index in [9.17, 15) is 0 Å². The number of nitrogens with zero attached hydrogens (tertiary/aromatic N) is 3. The Morgan fingerprint density at radius 3 is 2.73 bits per heavy atom. The van der Waals surface area contributed by atoms with Crippen molar-refractivity contribution in [1.82, 2.24) is 19.7 Å². The highest BCUT2D eigenvalue weighted by Crippen LogP contribution is 2.23. The Hall–Kier alpha value is -1.01. The van der Waals surface area contributed by atoms with Gasteiger partial charge < -0.3 is 0 Å². The molecule has 0 fully saturated rings. The van der Waals surface area contributed by atoms with Gasteiger partial charge in [0, 0.05) is 11.1 Å². The van der Waals surface area contributed by atoms with Crippen LogP contribution < -0.4 is 0 Å². The van der Waals surface area contributed by atoms with Crippen LogP contribution in [0.2, 0.25) is 0 Å². The second-order valence-corrected chi connectivity index (χ2v) is 5.08. The Kier molecular flexibility index (Phi) is 2.70. The van der Waals surface area contributed by atoms with Gasteiger partial charge in [0.15, 0.2) is 4.77 Å². The second-order valence-electron chi connectivity index (χ2n) is 3.43. The van der Waals surface area contributed by atoms with Gasteiger partial charge in [-0.15, -0.1) is 11.3 Å². The van der Waals surface area contributed by atoms with Crippen LogP contribution in [-0.4, -0.2) is 19.7 Å². The van der Waals surface area contributed by atoms with Crippen molar-refractivity contribution in [2.24, 2.45) is 0 Å². The van der Waals surface area contributed by atoms with Crippen molar-refractivity contribution in [2.75, 3.05) is 0 Å². The third-order valence-corrected chi connectivity index (χ3v) is 3.64. The lowest BCUT2D eigenvalue weighted by molar-refractivity contribution is 0.607. The van der Waals surface area contributed by atoms with E-state index < -0.39 is 0 Å². The molecule has 0 saturated carbocycles. The molecule has 6 heteroatoms. The summed E-state index contributed by atoms with van der Waals surface area (Å²) in [4.78, 5) is 5.58. The van der Waals surface area contributed by atoms with Gasteiger partial charge in [0.1, 0.15) is 10.8 Å². The molecule has 2 heterocycles. The number of rotatable bonds is 2. The SMILES string of the molecule is Cc1cnc(C(C)n2c(C)n[nH]c2=S)s1. The number of hydrogen-bond acceptors (Lipinski definition) is 4. The van der Waals surface area contributed by atoms with Gasteiger partial charge in [-0.05, 0) is 33.0 Å². The first-order valence-electron chi connectivity index (χ1n) is 4.65. The molecule has 0 bridgehead atoms. The number of aromatic amines is 1. The molecule has 2 aromatic heterocycles. The summed E-state index contributed by atoms with van der Waals surface area (Å²) < 4.78 is 2.63. The number of hydrogen-bond donors (Lipinski definition) is 1. The van der Waals surface area contributed by atoms with Gasteiger partial charge in [0.05, 0.1) is 6.04 Å². The first-order chi connectivity index (χ1) is 7.09. The van der Waals surface area contributed by atoms with E-state index in [0.29, 0.717) is 4.77 Å². The predicted molar refractivity (Wildman–Crippen MR) is 62.8 cm³/mol. The summed E-state index contributed by atoms with van der Waals surface area (Å²) >= 11 is 6.87. The van der Waals surface area contributed by atoms with E-state index >= 15 is 0 Å². The maximum atomic E-state index is 5.18. The molecular formula is C9H12N4S2. The summed E-state index contributed by atoms with van der Waals surface area (Å²) in [6.07, 6.45) is 1.88. The summed E-state index contributed by atoms with van der Waals surface area (Å²) in [6.45, 7) is 6.06. The van der Waals surface area contributed by atoms with Crippen LogP contribution in [0.25, 0.3) is 0 Å². The van der Waals surface area contributed by atoms with Crippen molar-refractivity contribution < 1.29 is 0 Å². The van der Waals surface area contributed by atoms with Gasteiger partial charge in [-0.25, -0.2) is 4.98 Å². The van der Waals surface area contributed by atoms with Crippen molar-refractivity contribution in [1.29, 1.82) is 0 Å². The fourth-order valence-electron chi connectivity index (χ4n) is 1.52. The molecule has 1 unspecified atom stereocenters. The molecule has 0 radical (unpaired) electrons. The van der Waals surface area contributed by atoms with Crippen LogP contribution in [0.4, 0.5) is 0 Å². The van der Waals surface area contributed by atoms with Crippen molar-refractivity contribution in [3.63, 3.8) is 0 Å². The minimum absolute atomic E-state index is 0.148. The highest BCUT2D eigenvalue weighted by Gasteiger charge is 2.14. The molecule has 0 aromatic carbocycles. The zero-order valence-corrected chi connectivity index (χ0v) is 10.4. The quantitative estimate of drug-likeness (QED) is 0.821. The number of aryl methyl sites for hydroxylation is 2. The van der Waals surface area contributed by atoms with Crippen LogP contribution in [-0.2, 0) is 0 Å². The van der Waals surface area contributed by atoms with Crippen molar-refractivity contribution in [3.05, 3.63) is 26.7 Å². The molecule has 1 atom stereocenters. The van der Waals surface area contributed by atoms with Crippen molar-refractivity contribution >= 4 is 23.6 Å². The summed E-state index contributed by atoms with van der Waals surface area (Å²) in [6, 6.07) is 0.148. The monoisotopic (exact) mass is 240 g/mol. The van der Waals surface area contributed by atoms with Crippen LogP contribution in [0.1, 0.15) is 28.7 Å². The lowest BCUT2D eigenvalue weighted by atomic mass is 10.3. The third-order valence-electron chi connectivity index (χ3n) is 2.26. The van der Waals surface area contributed by atoms with Crippen molar-refractivity contribution in [3.8, 4) is 0 Å².